The zero-order valence-corrected chi connectivity index (χ0v) is 8.76. The highest BCUT2D eigenvalue weighted by Crippen LogP contribution is 2.08. The van der Waals surface area contributed by atoms with Crippen molar-refractivity contribution in [3.05, 3.63) is 0 Å². The monoisotopic (exact) mass is 182 g/mol. The highest BCUT2D eigenvalue weighted by atomic mass is 14.6. The summed E-state index contributed by atoms with van der Waals surface area (Å²) >= 11 is 0. The molecule has 1 atom stereocenters. The topological polar surface area (TPSA) is 49.8 Å². The van der Waals surface area contributed by atoms with Gasteiger partial charge in [0.2, 0.25) is 0 Å². The van der Waals surface area contributed by atoms with Crippen LogP contribution in [0.25, 0.3) is 0 Å². The van der Waals surface area contributed by atoms with Gasteiger partial charge in [0, 0.05) is 0 Å². The van der Waals surface area contributed by atoms with Gasteiger partial charge in [0.05, 0.1) is 12.1 Å². The number of rotatable bonds is 8. The van der Waals surface area contributed by atoms with Gasteiger partial charge in [-0.15, -0.1) is 0 Å². The van der Waals surface area contributed by atoms with Crippen molar-refractivity contribution in [3.63, 3.8) is 0 Å². The molecule has 0 saturated heterocycles. The van der Waals surface area contributed by atoms with Crippen molar-refractivity contribution in [2.45, 2.75) is 64.3 Å². The van der Waals surface area contributed by atoms with E-state index in [1.165, 1.54) is 38.5 Å². The van der Waals surface area contributed by atoms with E-state index in [2.05, 4.69) is 13.0 Å². The Labute approximate surface area is 82.1 Å². The van der Waals surface area contributed by atoms with Gasteiger partial charge >= 0.3 is 0 Å². The molecule has 0 aliphatic carbocycles. The lowest BCUT2D eigenvalue weighted by Crippen LogP contribution is -2.16. The predicted molar refractivity (Wildman–Crippen MR) is 56.2 cm³/mol. The molecule has 0 fully saturated rings. The fraction of sp³-hybridized carbons (Fsp3) is 0.909. The second kappa shape index (κ2) is 9.54. The summed E-state index contributed by atoms with van der Waals surface area (Å²) in [6.45, 7) is 2.23. The molecule has 0 aliphatic rings. The lowest BCUT2D eigenvalue weighted by molar-refractivity contribution is 0.563. The minimum atomic E-state index is -0.240. The Bertz CT molecular complexity index is 138. The van der Waals surface area contributed by atoms with Crippen LogP contribution in [0.1, 0.15) is 58.3 Å². The molecule has 0 aliphatic heterocycles. The third-order valence-corrected chi connectivity index (χ3v) is 2.28. The van der Waals surface area contributed by atoms with Gasteiger partial charge < -0.3 is 5.73 Å². The Morgan fingerprint density at radius 1 is 1.08 bits per heavy atom. The molecule has 2 N–H and O–H groups in total. The van der Waals surface area contributed by atoms with E-state index in [0.29, 0.717) is 0 Å². The van der Waals surface area contributed by atoms with Gasteiger partial charge in [-0.25, -0.2) is 0 Å². The van der Waals surface area contributed by atoms with E-state index < -0.39 is 0 Å². The lowest BCUT2D eigenvalue weighted by Gasteiger charge is -2.02. The van der Waals surface area contributed by atoms with Gasteiger partial charge in [0.1, 0.15) is 0 Å². The Morgan fingerprint density at radius 2 is 1.62 bits per heavy atom. The Morgan fingerprint density at radius 3 is 2.15 bits per heavy atom. The van der Waals surface area contributed by atoms with Crippen molar-refractivity contribution in [2.75, 3.05) is 0 Å². The van der Waals surface area contributed by atoms with E-state index >= 15 is 0 Å². The van der Waals surface area contributed by atoms with Gasteiger partial charge in [-0.2, -0.15) is 5.26 Å². The van der Waals surface area contributed by atoms with Crippen molar-refractivity contribution in [3.8, 4) is 6.07 Å². The molecule has 13 heavy (non-hydrogen) atoms. The van der Waals surface area contributed by atoms with Crippen LogP contribution in [0, 0.1) is 11.3 Å². The van der Waals surface area contributed by atoms with E-state index in [9.17, 15) is 0 Å². The molecule has 0 heterocycles. The second-order valence-corrected chi connectivity index (χ2v) is 3.65. The van der Waals surface area contributed by atoms with E-state index in [1.54, 1.807) is 0 Å². The Balaban J connectivity index is 2.96. The van der Waals surface area contributed by atoms with E-state index in [4.69, 9.17) is 11.0 Å². The molecule has 0 saturated carbocycles. The van der Waals surface area contributed by atoms with Crippen molar-refractivity contribution in [1.29, 1.82) is 5.26 Å². The van der Waals surface area contributed by atoms with Gasteiger partial charge in [0.25, 0.3) is 0 Å². The van der Waals surface area contributed by atoms with Gasteiger partial charge in [-0.1, -0.05) is 51.9 Å². The first-order valence-electron chi connectivity index (χ1n) is 5.46. The zero-order chi connectivity index (χ0) is 9.94. The minimum Gasteiger partial charge on any atom is -0.316 e. The number of hydrogen-bond donors (Lipinski definition) is 1. The first-order valence-corrected chi connectivity index (χ1v) is 5.46. The molecule has 0 aromatic heterocycles. The predicted octanol–water partition coefficient (Wildman–Crippen LogP) is 2.98. The van der Waals surface area contributed by atoms with Crippen LogP contribution >= 0.6 is 0 Å². The summed E-state index contributed by atoms with van der Waals surface area (Å²) in [5.74, 6) is 0. The van der Waals surface area contributed by atoms with Crippen LogP contribution in [-0.4, -0.2) is 6.04 Å². The molecule has 0 bridgehead atoms. The van der Waals surface area contributed by atoms with Crippen LogP contribution in [0.15, 0.2) is 0 Å². The van der Waals surface area contributed by atoms with Crippen molar-refractivity contribution in [2.24, 2.45) is 5.73 Å². The minimum absolute atomic E-state index is 0.240. The maximum absolute atomic E-state index is 8.43. The molecule has 0 aromatic carbocycles. The Hall–Kier alpha value is -0.550. The summed E-state index contributed by atoms with van der Waals surface area (Å²) in [4.78, 5) is 0. The van der Waals surface area contributed by atoms with Crippen LogP contribution in [0.5, 0.6) is 0 Å². The molecule has 0 aromatic rings. The highest BCUT2D eigenvalue weighted by Gasteiger charge is 1.98. The maximum Gasteiger partial charge on any atom is 0.0928 e. The quantitative estimate of drug-likeness (QED) is 0.587. The van der Waals surface area contributed by atoms with Crippen molar-refractivity contribution < 1.29 is 0 Å². The molecular formula is C11H22N2. The highest BCUT2D eigenvalue weighted by molar-refractivity contribution is 4.85. The van der Waals surface area contributed by atoms with Crippen molar-refractivity contribution in [1.82, 2.24) is 0 Å². The van der Waals surface area contributed by atoms with E-state index in [1.807, 2.05) is 0 Å². The summed E-state index contributed by atoms with van der Waals surface area (Å²) in [5, 5.41) is 8.43. The fourth-order valence-corrected chi connectivity index (χ4v) is 1.39. The molecule has 0 amide bonds. The average Bonchev–Trinajstić information content (AvgIpc) is 2.16. The largest absolute Gasteiger partial charge is 0.316 e. The zero-order valence-electron chi connectivity index (χ0n) is 8.76. The van der Waals surface area contributed by atoms with Gasteiger partial charge in [-0.3, -0.25) is 0 Å². The molecule has 2 heteroatoms. The van der Waals surface area contributed by atoms with Gasteiger partial charge in [-0.05, 0) is 6.42 Å². The fourth-order valence-electron chi connectivity index (χ4n) is 1.39. The molecule has 0 radical (unpaired) electrons. The number of hydrogen-bond acceptors (Lipinski definition) is 2. The average molecular weight is 182 g/mol. The lowest BCUT2D eigenvalue weighted by atomic mass is 10.1. The molecule has 0 rings (SSSR count). The van der Waals surface area contributed by atoms with Crippen LogP contribution in [0.3, 0.4) is 0 Å². The summed E-state index contributed by atoms with van der Waals surface area (Å²) in [7, 11) is 0. The molecule has 2 nitrogen and oxygen atoms in total. The number of nitrogens with zero attached hydrogens (tertiary/aromatic N) is 1. The van der Waals surface area contributed by atoms with Gasteiger partial charge in [0.15, 0.2) is 0 Å². The number of nitriles is 1. The molecular weight excluding hydrogens is 160 g/mol. The standard InChI is InChI=1S/C11H22N2/c1-2-3-4-5-6-7-8-9-11(13)10-12/h11H,2-9,13H2,1H3. The third kappa shape index (κ3) is 9.36. The Kier molecular flexibility index (Phi) is 9.13. The number of unbranched alkanes of at least 4 members (excludes halogenated alkanes) is 6. The summed E-state index contributed by atoms with van der Waals surface area (Å²) in [6, 6.07) is 1.81. The first-order chi connectivity index (χ1) is 6.31. The first kappa shape index (κ1) is 12.4. The summed E-state index contributed by atoms with van der Waals surface area (Å²) in [5.41, 5.74) is 5.47. The van der Waals surface area contributed by atoms with Crippen LogP contribution in [0.2, 0.25) is 0 Å². The van der Waals surface area contributed by atoms with Crippen LogP contribution < -0.4 is 5.73 Å². The normalized spacial score (nSPS) is 12.4. The smallest absolute Gasteiger partial charge is 0.0928 e. The maximum atomic E-state index is 8.43. The van der Waals surface area contributed by atoms with Crippen LogP contribution in [0.4, 0.5) is 0 Å². The van der Waals surface area contributed by atoms with Crippen LogP contribution in [-0.2, 0) is 0 Å². The van der Waals surface area contributed by atoms with Crippen molar-refractivity contribution >= 4 is 0 Å². The number of nitrogens with two attached hydrogens (primary N) is 1. The summed E-state index contributed by atoms with van der Waals surface area (Å²) < 4.78 is 0. The molecule has 1 unspecified atom stereocenters. The SMILES string of the molecule is CCCCCCCCCC(N)C#N. The summed E-state index contributed by atoms with van der Waals surface area (Å²) in [6.07, 6.45) is 9.88. The third-order valence-electron chi connectivity index (χ3n) is 2.28. The molecule has 0 spiro atoms. The van der Waals surface area contributed by atoms with E-state index in [-0.39, 0.29) is 6.04 Å². The second-order valence-electron chi connectivity index (χ2n) is 3.65. The molecule has 76 valence electrons. The van der Waals surface area contributed by atoms with E-state index in [0.717, 1.165) is 12.8 Å².